The number of hydrogen-bond acceptors (Lipinski definition) is 4. The van der Waals surface area contributed by atoms with Crippen LogP contribution >= 0.6 is 0 Å². The van der Waals surface area contributed by atoms with Crippen molar-refractivity contribution in [3.05, 3.63) is 22.0 Å². The molecule has 8 N–H and O–H groups in total. The molecule has 0 aliphatic carbocycles. The van der Waals surface area contributed by atoms with Gasteiger partial charge in [-0.25, -0.2) is 0 Å². The molecule has 0 fully saturated rings. The van der Waals surface area contributed by atoms with Gasteiger partial charge in [-0.1, -0.05) is 0 Å². The highest BCUT2D eigenvalue weighted by atomic mass is 16.1. The quantitative estimate of drug-likeness (QED) is 0.266. The van der Waals surface area contributed by atoms with Crippen molar-refractivity contribution in [2.24, 2.45) is 5.73 Å². The summed E-state index contributed by atoms with van der Waals surface area (Å²) in [5.41, 5.74) is 15.3. The molecule has 0 saturated heterocycles. The van der Waals surface area contributed by atoms with E-state index in [2.05, 4.69) is 4.98 Å². The summed E-state index contributed by atoms with van der Waals surface area (Å²) in [6, 6.07) is 1.35. The van der Waals surface area contributed by atoms with Gasteiger partial charge in [0.2, 0.25) is 0 Å². The zero-order valence-electron chi connectivity index (χ0n) is 6.22. The van der Waals surface area contributed by atoms with Crippen LogP contribution in [0.1, 0.15) is 5.56 Å². The van der Waals surface area contributed by atoms with Crippen molar-refractivity contribution in [2.75, 3.05) is 11.5 Å². The van der Waals surface area contributed by atoms with Crippen LogP contribution in [0.2, 0.25) is 0 Å². The summed E-state index contributed by atoms with van der Waals surface area (Å²) < 4.78 is 0. The number of anilines is 2. The fraction of sp³-hybridized carbons (Fsp3) is 0. The number of nitrogens with two attached hydrogens (primary N) is 3. The Balaban J connectivity index is 3.49. The van der Waals surface area contributed by atoms with E-state index in [-0.39, 0.29) is 22.9 Å². The van der Waals surface area contributed by atoms with Crippen LogP contribution in [-0.4, -0.2) is 10.8 Å². The molecule has 0 aromatic carbocycles. The fourth-order valence-electron chi connectivity index (χ4n) is 0.878. The highest BCUT2D eigenvalue weighted by Crippen LogP contribution is 2.07. The minimum absolute atomic E-state index is 0.0378. The van der Waals surface area contributed by atoms with Crippen LogP contribution in [0.4, 0.5) is 11.5 Å². The van der Waals surface area contributed by atoms with E-state index in [9.17, 15) is 4.79 Å². The van der Waals surface area contributed by atoms with Crippen LogP contribution < -0.4 is 22.8 Å². The number of amidine groups is 1. The van der Waals surface area contributed by atoms with Gasteiger partial charge in [-0.15, -0.1) is 0 Å². The lowest BCUT2D eigenvalue weighted by molar-refractivity contribution is 1.22. The molecule has 0 amide bonds. The Bertz CT molecular complexity index is 380. The van der Waals surface area contributed by atoms with Crippen LogP contribution in [0.5, 0.6) is 0 Å². The summed E-state index contributed by atoms with van der Waals surface area (Å²) in [6.07, 6.45) is 0. The average molecular weight is 167 g/mol. The van der Waals surface area contributed by atoms with Gasteiger partial charge < -0.3 is 22.2 Å². The number of rotatable bonds is 1. The summed E-state index contributed by atoms with van der Waals surface area (Å²) in [6.45, 7) is 0. The molecule has 64 valence electrons. The van der Waals surface area contributed by atoms with E-state index in [0.717, 1.165) is 0 Å². The number of aromatic amines is 1. The van der Waals surface area contributed by atoms with Gasteiger partial charge in [0.25, 0.3) is 5.56 Å². The molecule has 0 radical (unpaired) electrons. The zero-order valence-corrected chi connectivity index (χ0v) is 6.22. The number of nitrogen functional groups attached to an aromatic ring is 3. The molecule has 0 unspecified atom stereocenters. The SMILES string of the molecule is N=C(N)c1c(N)cc(N)[nH]c1=O. The van der Waals surface area contributed by atoms with Crippen LogP contribution in [0.15, 0.2) is 10.9 Å². The topological polar surface area (TPSA) is 135 Å². The maximum Gasteiger partial charge on any atom is 0.262 e. The Kier molecular flexibility index (Phi) is 1.74. The third-order valence-corrected chi connectivity index (χ3v) is 1.35. The minimum atomic E-state index is -0.542. The molecule has 6 heteroatoms. The highest BCUT2D eigenvalue weighted by Gasteiger charge is 2.07. The normalized spacial score (nSPS) is 9.67. The zero-order chi connectivity index (χ0) is 9.30. The Morgan fingerprint density at radius 3 is 2.50 bits per heavy atom. The third-order valence-electron chi connectivity index (χ3n) is 1.35. The maximum atomic E-state index is 11.1. The van der Waals surface area contributed by atoms with Gasteiger partial charge in [-0.2, -0.15) is 0 Å². The maximum absolute atomic E-state index is 11.1. The summed E-state index contributed by atoms with van der Waals surface area (Å²) in [7, 11) is 0. The lowest BCUT2D eigenvalue weighted by atomic mass is 10.2. The van der Waals surface area contributed by atoms with E-state index in [1.807, 2.05) is 0 Å². The second kappa shape index (κ2) is 2.57. The molecular formula is C6H9N5O. The first-order valence-electron chi connectivity index (χ1n) is 3.15. The summed E-state index contributed by atoms with van der Waals surface area (Å²) in [4.78, 5) is 13.3. The van der Waals surface area contributed by atoms with E-state index in [1.165, 1.54) is 6.07 Å². The lowest BCUT2D eigenvalue weighted by Crippen LogP contribution is -2.26. The molecule has 6 nitrogen and oxygen atoms in total. The number of nitrogens with one attached hydrogen (secondary N) is 2. The Hall–Kier alpha value is -1.98. The van der Waals surface area contributed by atoms with Crippen LogP contribution in [0.25, 0.3) is 0 Å². The molecule has 12 heavy (non-hydrogen) atoms. The fourth-order valence-corrected chi connectivity index (χ4v) is 0.878. The van der Waals surface area contributed by atoms with Crippen LogP contribution in [0.3, 0.4) is 0 Å². The van der Waals surface area contributed by atoms with Gasteiger partial charge in [0.1, 0.15) is 17.2 Å². The van der Waals surface area contributed by atoms with E-state index >= 15 is 0 Å². The Labute approximate surface area is 67.9 Å². The van der Waals surface area contributed by atoms with Crippen molar-refractivity contribution < 1.29 is 0 Å². The van der Waals surface area contributed by atoms with Crippen molar-refractivity contribution in [2.45, 2.75) is 0 Å². The van der Waals surface area contributed by atoms with Gasteiger partial charge in [0.15, 0.2) is 0 Å². The molecular weight excluding hydrogens is 158 g/mol. The van der Waals surface area contributed by atoms with Gasteiger partial charge >= 0.3 is 0 Å². The molecule has 0 atom stereocenters. The predicted octanol–water partition coefficient (Wildman–Crippen LogP) is -1.18. The molecule has 1 aromatic rings. The molecule has 0 aliphatic rings. The highest BCUT2D eigenvalue weighted by molar-refractivity contribution is 5.99. The molecule has 1 heterocycles. The Morgan fingerprint density at radius 2 is 2.08 bits per heavy atom. The Morgan fingerprint density at radius 1 is 1.50 bits per heavy atom. The van der Waals surface area contributed by atoms with Gasteiger partial charge in [0, 0.05) is 6.07 Å². The predicted molar refractivity (Wildman–Crippen MR) is 46.9 cm³/mol. The van der Waals surface area contributed by atoms with Crippen molar-refractivity contribution in [1.82, 2.24) is 4.98 Å². The molecule has 1 rings (SSSR count). The monoisotopic (exact) mass is 167 g/mol. The van der Waals surface area contributed by atoms with E-state index < -0.39 is 5.56 Å². The summed E-state index contributed by atoms with van der Waals surface area (Å²) in [5, 5.41) is 7.02. The second-order valence-corrected chi connectivity index (χ2v) is 2.30. The van der Waals surface area contributed by atoms with Crippen LogP contribution in [0, 0.1) is 5.41 Å². The standard InChI is InChI=1S/C6H9N5O/c7-2-1-3(8)11-6(12)4(2)5(9)10/h1H,(H3,9,10)(H5,7,8,11,12). The summed E-state index contributed by atoms with van der Waals surface area (Å²) in [5.74, 6) is -0.212. The number of H-pyrrole nitrogens is 1. The molecule has 0 bridgehead atoms. The van der Waals surface area contributed by atoms with Crippen LogP contribution in [-0.2, 0) is 0 Å². The van der Waals surface area contributed by atoms with Crippen molar-refractivity contribution in [3.63, 3.8) is 0 Å². The molecule has 1 aromatic heterocycles. The van der Waals surface area contributed by atoms with E-state index in [1.54, 1.807) is 0 Å². The van der Waals surface area contributed by atoms with E-state index in [4.69, 9.17) is 22.6 Å². The first-order valence-corrected chi connectivity index (χ1v) is 3.15. The van der Waals surface area contributed by atoms with E-state index in [0.29, 0.717) is 0 Å². The first kappa shape index (κ1) is 8.12. The first-order chi connectivity index (χ1) is 5.52. The molecule has 0 spiro atoms. The molecule has 0 aliphatic heterocycles. The third kappa shape index (κ3) is 1.22. The largest absolute Gasteiger partial charge is 0.398 e. The number of pyridine rings is 1. The minimum Gasteiger partial charge on any atom is -0.398 e. The smallest absolute Gasteiger partial charge is 0.262 e. The number of aromatic nitrogens is 1. The van der Waals surface area contributed by atoms with Crippen molar-refractivity contribution >= 4 is 17.3 Å². The number of hydrogen-bond donors (Lipinski definition) is 5. The van der Waals surface area contributed by atoms with Gasteiger partial charge in [-0.3, -0.25) is 10.2 Å². The second-order valence-electron chi connectivity index (χ2n) is 2.30. The van der Waals surface area contributed by atoms with Gasteiger partial charge in [0.05, 0.1) is 5.69 Å². The van der Waals surface area contributed by atoms with Gasteiger partial charge in [-0.05, 0) is 0 Å². The van der Waals surface area contributed by atoms with Crippen molar-refractivity contribution in [3.8, 4) is 0 Å². The average Bonchev–Trinajstić information content (AvgIpc) is 1.82. The summed E-state index contributed by atoms with van der Waals surface area (Å²) >= 11 is 0. The van der Waals surface area contributed by atoms with Crippen molar-refractivity contribution in [1.29, 1.82) is 5.41 Å². The molecule has 0 saturated carbocycles. The lowest BCUT2D eigenvalue weighted by Gasteiger charge is -2.02.